The van der Waals surface area contributed by atoms with Gasteiger partial charge in [-0.25, -0.2) is 4.79 Å². The molecular formula is C11H28N2O. The molecule has 0 saturated heterocycles. The zero-order valence-electron chi connectivity index (χ0n) is 11.2. The van der Waals surface area contributed by atoms with E-state index in [-0.39, 0.29) is 6.03 Å². The highest BCUT2D eigenvalue weighted by molar-refractivity contribution is 5.72. The van der Waals surface area contributed by atoms with Crippen LogP contribution < -0.4 is 0 Å². The van der Waals surface area contributed by atoms with Crippen LogP contribution in [0.1, 0.15) is 40.5 Å². The SMILES string of the molecule is CCC.CCC.CN(C)C(=O)N(C)C. The molecule has 0 aromatic rings. The zero-order chi connectivity index (χ0) is 12.1. The van der Waals surface area contributed by atoms with Crippen LogP contribution in [0.25, 0.3) is 0 Å². The molecule has 3 heteroatoms. The third kappa shape index (κ3) is 22.5. The van der Waals surface area contributed by atoms with E-state index in [1.165, 1.54) is 22.6 Å². The molecular weight excluding hydrogens is 176 g/mol. The Bertz CT molecular complexity index is 99.9. The topological polar surface area (TPSA) is 23.6 Å². The van der Waals surface area contributed by atoms with Gasteiger partial charge in [-0.1, -0.05) is 40.5 Å². The lowest BCUT2D eigenvalue weighted by molar-refractivity contribution is 0.191. The first-order chi connectivity index (χ1) is 6.38. The molecule has 0 aliphatic carbocycles. The normalized spacial score (nSPS) is 7.43. The van der Waals surface area contributed by atoms with E-state index in [0.717, 1.165) is 0 Å². The van der Waals surface area contributed by atoms with Crippen molar-refractivity contribution in [3.05, 3.63) is 0 Å². The van der Waals surface area contributed by atoms with Gasteiger partial charge in [-0.3, -0.25) is 0 Å². The molecule has 0 fully saturated rings. The summed E-state index contributed by atoms with van der Waals surface area (Å²) in [4.78, 5) is 13.8. The molecule has 0 radical (unpaired) electrons. The minimum atomic E-state index is 0.0185. The summed E-state index contributed by atoms with van der Waals surface area (Å²) in [5.74, 6) is 0. The van der Waals surface area contributed by atoms with E-state index < -0.39 is 0 Å². The van der Waals surface area contributed by atoms with Crippen LogP contribution in [0.5, 0.6) is 0 Å². The monoisotopic (exact) mass is 204 g/mol. The van der Waals surface area contributed by atoms with Gasteiger partial charge in [-0.2, -0.15) is 0 Å². The summed E-state index contributed by atoms with van der Waals surface area (Å²) in [5, 5.41) is 0. The predicted molar refractivity (Wildman–Crippen MR) is 64.7 cm³/mol. The molecule has 0 spiro atoms. The van der Waals surface area contributed by atoms with E-state index in [1.807, 2.05) is 0 Å². The van der Waals surface area contributed by atoms with Crippen LogP contribution in [0.2, 0.25) is 0 Å². The molecule has 0 heterocycles. The maximum atomic E-state index is 10.7. The number of rotatable bonds is 0. The minimum absolute atomic E-state index is 0.0185. The Balaban J connectivity index is -0.000000168. The van der Waals surface area contributed by atoms with Crippen molar-refractivity contribution in [3.63, 3.8) is 0 Å². The summed E-state index contributed by atoms with van der Waals surface area (Å²) >= 11 is 0. The molecule has 0 aromatic heterocycles. The lowest BCUT2D eigenvalue weighted by Gasteiger charge is -2.16. The molecule has 0 rings (SSSR count). The van der Waals surface area contributed by atoms with Gasteiger partial charge in [0.15, 0.2) is 0 Å². The van der Waals surface area contributed by atoms with Crippen LogP contribution in [0.4, 0.5) is 4.79 Å². The molecule has 88 valence electrons. The average Bonchev–Trinajstić information content (AvgIpc) is 2.05. The fraction of sp³-hybridized carbons (Fsp3) is 0.909. The van der Waals surface area contributed by atoms with Crippen LogP contribution in [0.15, 0.2) is 0 Å². The zero-order valence-corrected chi connectivity index (χ0v) is 11.2. The molecule has 2 amide bonds. The van der Waals surface area contributed by atoms with Crippen molar-refractivity contribution in [2.75, 3.05) is 28.2 Å². The second-order valence-electron chi connectivity index (χ2n) is 3.49. The molecule has 0 aliphatic heterocycles. The Morgan fingerprint density at radius 3 is 0.929 bits per heavy atom. The number of carbonyl (C=O) groups is 1. The third-order valence-electron chi connectivity index (χ3n) is 0.765. The van der Waals surface area contributed by atoms with Gasteiger partial charge >= 0.3 is 6.03 Å². The van der Waals surface area contributed by atoms with Gasteiger partial charge in [0.05, 0.1) is 0 Å². The number of urea groups is 1. The number of carbonyl (C=O) groups excluding carboxylic acids is 1. The maximum Gasteiger partial charge on any atom is 0.318 e. The molecule has 0 atom stereocenters. The highest BCUT2D eigenvalue weighted by Gasteiger charge is 2.02. The van der Waals surface area contributed by atoms with Crippen molar-refractivity contribution in [2.45, 2.75) is 40.5 Å². The van der Waals surface area contributed by atoms with E-state index in [2.05, 4.69) is 27.7 Å². The number of hydrogen-bond acceptors (Lipinski definition) is 1. The van der Waals surface area contributed by atoms with E-state index in [9.17, 15) is 4.79 Å². The van der Waals surface area contributed by atoms with Crippen molar-refractivity contribution in [2.24, 2.45) is 0 Å². The fourth-order valence-electron chi connectivity index (χ4n) is 0.400. The molecule has 14 heavy (non-hydrogen) atoms. The van der Waals surface area contributed by atoms with Crippen molar-refractivity contribution in [1.82, 2.24) is 9.80 Å². The van der Waals surface area contributed by atoms with Crippen LogP contribution >= 0.6 is 0 Å². The third-order valence-corrected chi connectivity index (χ3v) is 0.765. The first-order valence-electron chi connectivity index (χ1n) is 5.27. The van der Waals surface area contributed by atoms with Crippen molar-refractivity contribution >= 4 is 6.03 Å². The largest absolute Gasteiger partial charge is 0.331 e. The maximum absolute atomic E-state index is 10.7. The first-order valence-corrected chi connectivity index (χ1v) is 5.27. The standard InChI is InChI=1S/C5H12N2O.2C3H8/c1-6(2)5(8)7(3)4;2*1-3-2/h1-4H3;2*3H2,1-2H3. The van der Waals surface area contributed by atoms with E-state index in [0.29, 0.717) is 0 Å². The Kier molecular flexibility index (Phi) is 20.0. The average molecular weight is 204 g/mol. The molecule has 0 unspecified atom stereocenters. The molecule has 3 nitrogen and oxygen atoms in total. The van der Waals surface area contributed by atoms with Gasteiger partial charge in [0.25, 0.3) is 0 Å². The van der Waals surface area contributed by atoms with Crippen LogP contribution in [0.3, 0.4) is 0 Å². The van der Waals surface area contributed by atoms with Gasteiger partial charge in [0.2, 0.25) is 0 Å². The van der Waals surface area contributed by atoms with E-state index >= 15 is 0 Å². The molecule has 0 aliphatic rings. The summed E-state index contributed by atoms with van der Waals surface area (Å²) in [6, 6.07) is 0.0185. The van der Waals surface area contributed by atoms with E-state index in [1.54, 1.807) is 28.2 Å². The highest BCUT2D eigenvalue weighted by atomic mass is 16.2. The van der Waals surface area contributed by atoms with Gasteiger partial charge in [0, 0.05) is 28.2 Å². The van der Waals surface area contributed by atoms with Crippen molar-refractivity contribution in [3.8, 4) is 0 Å². The fourth-order valence-corrected chi connectivity index (χ4v) is 0.400. The van der Waals surface area contributed by atoms with Gasteiger partial charge in [-0.05, 0) is 0 Å². The summed E-state index contributed by atoms with van der Waals surface area (Å²) in [6.45, 7) is 8.50. The Morgan fingerprint density at radius 2 is 0.929 bits per heavy atom. The Hall–Kier alpha value is -0.730. The number of hydrogen-bond donors (Lipinski definition) is 0. The van der Waals surface area contributed by atoms with Gasteiger partial charge < -0.3 is 9.80 Å². The molecule has 0 N–H and O–H groups in total. The second kappa shape index (κ2) is 14.8. The summed E-state index contributed by atoms with van der Waals surface area (Å²) in [5.41, 5.74) is 0. The lowest BCUT2D eigenvalue weighted by Crippen LogP contribution is -2.33. The van der Waals surface area contributed by atoms with Crippen LogP contribution in [-0.2, 0) is 0 Å². The van der Waals surface area contributed by atoms with Gasteiger partial charge in [0.1, 0.15) is 0 Å². The Morgan fingerprint density at radius 1 is 0.786 bits per heavy atom. The first kappa shape index (κ1) is 18.9. The summed E-state index contributed by atoms with van der Waals surface area (Å²) < 4.78 is 0. The number of nitrogens with zero attached hydrogens (tertiary/aromatic N) is 2. The predicted octanol–water partition coefficient (Wildman–Crippen LogP) is 3.06. The quantitative estimate of drug-likeness (QED) is 0.595. The van der Waals surface area contributed by atoms with Gasteiger partial charge in [-0.15, -0.1) is 0 Å². The summed E-state index contributed by atoms with van der Waals surface area (Å²) in [7, 11) is 6.90. The smallest absolute Gasteiger partial charge is 0.318 e. The second-order valence-corrected chi connectivity index (χ2v) is 3.49. The number of amides is 2. The minimum Gasteiger partial charge on any atom is -0.331 e. The van der Waals surface area contributed by atoms with Crippen molar-refractivity contribution in [1.29, 1.82) is 0 Å². The highest BCUT2D eigenvalue weighted by Crippen LogP contribution is 1.83. The Labute approximate surface area is 90.1 Å². The van der Waals surface area contributed by atoms with Crippen LogP contribution in [-0.4, -0.2) is 44.0 Å². The lowest BCUT2D eigenvalue weighted by atomic mass is 10.6. The van der Waals surface area contributed by atoms with E-state index in [4.69, 9.17) is 0 Å². The molecule has 0 bridgehead atoms. The van der Waals surface area contributed by atoms with Crippen LogP contribution in [0, 0.1) is 0 Å². The molecule has 0 aromatic carbocycles. The summed E-state index contributed by atoms with van der Waals surface area (Å²) in [6.07, 6.45) is 2.50. The van der Waals surface area contributed by atoms with Crippen molar-refractivity contribution < 1.29 is 4.79 Å². The molecule has 0 saturated carbocycles.